The molecule has 626 valence electrons. The second-order valence-electron chi connectivity index (χ2n) is 32.9. The van der Waals surface area contributed by atoms with E-state index < -0.39 is 31.1 Å². The number of Topliss-reactive ketones (excluding diaryl/α,β-unsaturated/α-hetero) is 1. The molecule has 0 saturated carbocycles. The van der Waals surface area contributed by atoms with Gasteiger partial charge in [-0.05, 0) is 145 Å². The van der Waals surface area contributed by atoms with Gasteiger partial charge < -0.3 is 70.5 Å². The maximum atomic E-state index is 13.5. The van der Waals surface area contributed by atoms with E-state index in [-0.39, 0.29) is 66.4 Å². The van der Waals surface area contributed by atoms with Crippen LogP contribution in [0.1, 0.15) is 166 Å². The van der Waals surface area contributed by atoms with Crippen molar-refractivity contribution in [1.29, 1.82) is 0 Å². The molecule has 3 aliphatic rings. The Hall–Kier alpha value is -8.74. The number of hydrogen-bond donors (Lipinski definition) is 1. The Kier molecular flexibility index (Phi) is 33.3. The standard InChI is InChI=1S/C33H44O6Si.C31H40O5Si.C31H38O5Si.2CH4/c1-33(2,3)40(25-14-10-8-11-15-25,26-16-12-9-13-17-26)39-22-24-18-19-27-28(29(20-24)38-23-34-4)21-30(35-5)32(37-7)31(27)36-6;2*1-31(2,3)37(23-13-9-7-10-14-23,24-15-11-8-12-16-24)36-21-22-17-18-25-26(27(32)19-22)20-28(33-4)30(35-6)29(25)34-5;;/h8-17,21,24,29H,18-20,22-23H2,1-7H3;7-16,20,22,27,32H,17-19,21H2,1-6H3;7-16,20,22H,17-19,21H2,1-6H3;2*1H4/t24-,29?;22-,27?;22-;;/m111../s1. The number of ether oxygens (including phenoxy) is 11. The zero-order chi connectivity index (χ0) is 82.0. The summed E-state index contributed by atoms with van der Waals surface area (Å²) in [6.07, 6.45) is 5.93. The molecule has 0 bridgehead atoms. The van der Waals surface area contributed by atoms with E-state index in [0.29, 0.717) is 96.4 Å². The predicted octanol–water partition coefficient (Wildman–Crippen LogP) is 17.9. The topological polar surface area (TPSA) is 167 Å². The Labute approximate surface area is 696 Å². The van der Waals surface area contributed by atoms with Gasteiger partial charge in [0.15, 0.2) is 40.3 Å². The summed E-state index contributed by atoms with van der Waals surface area (Å²) in [4.78, 5) is 13.5. The number of carbonyl (C=O) groups excluding carboxylic acids is 1. The highest BCUT2D eigenvalue weighted by molar-refractivity contribution is 7.00. The van der Waals surface area contributed by atoms with Gasteiger partial charge in [0.1, 0.15) is 6.79 Å². The highest BCUT2D eigenvalue weighted by Gasteiger charge is 2.54. The van der Waals surface area contributed by atoms with E-state index in [1.807, 2.05) is 24.3 Å². The van der Waals surface area contributed by atoms with Gasteiger partial charge in [0.25, 0.3) is 25.0 Å². The van der Waals surface area contributed by atoms with Crippen molar-refractivity contribution in [2.75, 3.05) is 97.7 Å². The third-order valence-corrected chi connectivity index (χ3v) is 38.1. The van der Waals surface area contributed by atoms with E-state index in [0.717, 1.165) is 66.3 Å². The molecule has 2 unspecified atom stereocenters. The van der Waals surface area contributed by atoms with Crippen molar-refractivity contribution in [3.05, 3.63) is 234 Å². The average Bonchev–Trinajstić information content (AvgIpc) is 0.834. The van der Waals surface area contributed by atoms with E-state index in [2.05, 4.69) is 232 Å². The van der Waals surface area contributed by atoms with Gasteiger partial charge in [-0.2, -0.15) is 0 Å². The van der Waals surface area contributed by atoms with E-state index in [1.54, 1.807) is 77.2 Å². The van der Waals surface area contributed by atoms with Crippen LogP contribution >= 0.6 is 0 Å². The van der Waals surface area contributed by atoms with Crippen molar-refractivity contribution in [2.45, 2.75) is 162 Å². The van der Waals surface area contributed by atoms with Gasteiger partial charge in [0.2, 0.25) is 17.2 Å². The zero-order valence-corrected chi connectivity index (χ0v) is 73.7. The largest absolute Gasteiger partial charge is 0.493 e. The van der Waals surface area contributed by atoms with Gasteiger partial charge in [-0.1, -0.05) is 259 Å². The minimum atomic E-state index is -2.67. The van der Waals surface area contributed by atoms with E-state index in [1.165, 1.54) is 31.1 Å². The van der Waals surface area contributed by atoms with Crippen molar-refractivity contribution < 1.29 is 75.3 Å². The maximum Gasteiger partial charge on any atom is 0.261 e. The number of aliphatic hydroxyl groups excluding tert-OH is 1. The molecule has 9 aromatic carbocycles. The first-order valence-electron chi connectivity index (χ1n) is 39.9. The normalized spacial score (nSPS) is 16.9. The molecule has 0 aromatic heterocycles. The summed E-state index contributed by atoms with van der Waals surface area (Å²) >= 11 is 0. The minimum Gasteiger partial charge on any atom is -0.493 e. The lowest BCUT2D eigenvalue weighted by Crippen LogP contribution is -2.66. The molecule has 12 rings (SSSR count). The van der Waals surface area contributed by atoms with Crippen LogP contribution in [-0.2, 0) is 42.0 Å². The molecule has 0 radical (unpaired) electrons. The number of hydrogen-bond acceptors (Lipinski definition) is 16. The number of methoxy groups -OCH3 is 10. The minimum absolute atomic E-state index is 0. The average molecular weight is 1640 g/mol. The lowest BCUT2D eigenvalue weighted by atomic mass is 9.97. The molecule has 16 nitrogen and oxygen atoms in total. The molecule has 9 aromatic rings. The number of aliphatic hydroxyl groups is 1. The predicted molar refractivity (Wildman–Crippen MR) is 477 cm³/mol. The Morgan fingerprint density at radius 2 is 0.638 bits per heavy atom. The molecule has 0 amide bonds. The van der Waals surface area contributed by atoms with Crippen molar-refractivity contribution in [2.24, 2.45) is 17.8 Å². The summed E-state index contributed by atoms with van der Waals surface area (Å²) in [5.41, 5.74) is 5.53. The van der Waals surface area contributed by atoms with E-state index >= 15 is 0 Å². The summed E-state index contributed by atoms with van der Waals surface area (Å²) in [5, 5.41) is 18.6. The van der Waals surface area contributed by atoms with Crippen LogP contribution in [0.4, 0.5) is 0 Å². The van der Waals surface area contributed by atoms with Crippen LogP contribution in [0.25, 0.3) is 0 Å². The summed E-state index contributed by atoms with van der Waals surface area (Å²) < 4.78 is 84.3. The Bertz CT molecular complexity index is 4410. The van der Waals surface area contributed by atoms with Gasteiger partial charge in [0, 0.05) is 55.6 Å². The Balaban J connectivity index is 0.000000216. The summed E-state index contributed by atoms with van der Waals surface area (Å²) in [6.45, 7) is 22.6. The molecule has 1 N–H and O–H groups in total. The molecular formula is C97H130O16Si3. The van der Waals surface area contributed by atoms with Crippen molar-refractivity contribution >= 4 is 61.9 Å². The van der Waals surface area contributed by atoms with Gasteiger partial charge in [-0.25, -0.2) is 0 Å². The summed E-state index contributed by atoms with van der Waals surface area (Å²) in [7, 11) is 8.26. The first-order valence-corrected chi connectivity index (χ1v) is 45.6. The molecule has 0 spiro atoms. The SMILES string of the molecule is C.C.COCOC1C[C@H](CO[Si](c2ccccc2)(c2ccccc2)C(C)(C)C)CCc2c1cc(OC)c(OC)c2OC.COc1cc2c(c(OC)c1OC)CC[C@@H](CO[Si](c1ccccc1)(c1ccccc1)C(C)(C)C)CC2=O.COc1cc2c(c(OC)c1OC)CC[C@@H](CO[Si](c1ccccc1)(c1ccccc1)C(C)(C)C)CC2O. The van der Waals surface area contributed by atoms with Crippen LogP contribution in [0.2, 0.25) is 15.1 Å². The van der Waals surface area contributed by atoms with Crippen LogP contribution in [0.3, 0.4) is 0 Å². The number of fused-ring (bicyclic) bond motifs is 3. The molecular weight excluding hydrogens is 1510 g/mol. The molecule has 5 atom stereocenters. The molecule has 0 saturated heterocycles. The fourth-order valence-corrected chi connectivity index (χ4v) is 31.6. The van der Waals surface area contributed by atoms with Gasteiger partial charge in [-0.3, -0.25) is 4.79 Å². The van der Waals surface area contributed by atoms with E-state index in [9.17, 15) is 9.90 Å². The molecule has 0 heterocycles. The molecule has 19 heteroatoms. The monoisotopic (exact) mass is 1630 g/mol. The smallest absolute Gasteiger partial charge is 0.261 e. The number of rotatable bonds is 27. The first-order chi connectivity index (χ1) is 54.8. The fourth-order valence-electron chi connectivity index (χ4n) is 17.7. The van der Waals surface area contributed by atoms with Crippen LogP contribution in [0, 0.1) is 17.8 Å². The quantitative estimate of drug-likeness (QED) is 0.0293. The molecule has 0 aliphatic heterocycles. The van der Waals surface area contributed by atoms with Gasteiger partial charge in [-0.15, -0.1) is 0 Å². The fraction of sp³-hybridized carbons (Fsp3) is 0.433. The number of ketones is 1. The summed E-state index contributed by atoms with van der Waals surface area (Å²) in [5.74, 6) is 5.96. The van der Waals surface area contributed by atoms with Crippen LogP contribution < -0.4 is 73.8 Å². The van der Waals surface area contributed by atoms with E-state index in [4.69, 9.17) is 65.4 Å². The second kappa shape index (κ2) is 41.6. The third kappa shape index (κ3) is 19.7. The molecule has 116 heavy (non-hydrogen) atoms. The zero-order valence-electron chi connectivity index (χ0n) is 70.7. The van der Waals surface area contributed by atoms with Gasteiger partial charge >= 0.3 is 0 Å². The third-order valence-electron chi connectivity index (χ3n) is 23.1. The van der Waals surface area contributed by atoms with Gasteiger partial charge in [0.05, 0.1) is 76.2 Å². The first kappa shape index (κ1) is 92.8. The highest BCUT2D eigenvalue weighted by Crippen LogP contribution is 2.51. The highest BCUT2D eigenvalue weighted by atomic mass is 28.4. The van der Waals surface area contributed by atoms with Crippen LogP contribution in [-0.4, -0.2) is 134 Å². The lowest BCUT2D eigenvalue weighted by Gasteiger charge is -2.43. The van der Waals surface area contributed by atoms with Crippen LogP contribution in [0.15, 0.2) is 200 Å². The summed E-state index contributed by atoms with van der Waals surface area (Å²) in [6, 6.07) is 70.0. The molecule has 3 aliphatic carbocycles. The van der Waals surface area contributed by atoms with Crippen molar-refractivity contribution in [1.82, 2.24) is 0 Å². The lowest BCUT2D eigenvalue weighted by molar-refractivity contribution is -0.0813. The van der Waals surface area contributed by atoms with Crippen molar-refractivity contribution in [3.8, 4) is 51.7 Å². The Morgan fingerprint density at radius 3 is 0.957 bits per heavy atom. The van der Waals surface area contributed by atoms with Crippen LogP contribution in [0.5, 0.6) is 51.7 Å². The molecule has 0 fully saturated rings. The number of benzene rings is 9. The Morgan fingerprint density at radius 1 is 0.353 bits per heavy atom. The van der Waals surface area contributed by atoms with Crippen molar-refractivity contribution in [3.63, 3.8) is 0 Å². The maximum absolute atomic E-state index is 13.5. The second-order valence-corrected chi connectivity index (χ2v) is 45.8. The number of carbonyl (C=O) groups is 1.